The summed E-state index contributed by atoms with van der Waals surface area (Å²) < 4.78 is 70.9. The summed E-state index contributed by atoms with van der Waals surface area (Å²) >= 11 is 0. The van der Waals surface area contributed by atoms with E-state index < -0.39 is 28.5 Å². The van der Waals surface area contributed by atoms with Crippen LogP contribution in [0.1, 0.15) is 16.2 Å². The fourth-order valence-electron chi connectivity index (χ4n) is 0.821. The lowest BCUT2D eigenvalue weighted by molar-refractivity contribution is -0.214. The normalized spacial score (nSPS) is 12.9. The van der Waals surface area contributed by atoms with E-state index in [4.69, 9.17) is 0 Å². The molecule has 0 aromatic carbocycles. The van der Waals surface area contributed by atoms with Crippen LogP contribution in [0.25, 0.3) is 0 Å². The lowest BCUT2D eigenvalue weighted by Gasteiger charge is -2.06. The molecule has 1 rings (SSSR count). The van der Waals surface area contributed by atoms with Crippen molar-refractivity contribution >= 4 is 6.29 Å². The second kappa shape index (κ2) is 3.24. The van der Waals surface area contributed by atoms with Gasteiger partial charge in [-0.2, -0.15) is 23.0 Å². The predicted molar refractivity (Wildman–Crippen MR) is 33.9 cm³/mol. The Kier molecular flexibility index (Phi) is 2.49. The number of halogens is 6. The average molecular weight is 232 g/mol. The summed E-state index contributed by atoms with van der Waals surface area (Å²) in [6, 6.07) is 0.0283. The zero-order valence-electron chi connectivity index (χ0n) is 6.73. The number of aromatic nitrogens is 2. The summed E-state index contributed by atoms with van der Waals surface area (Å²) in [4.78, 5) is 10.1. The van der Waals surface area contributed by atoms with Crippen LogP contribution in [0.5, 0.6) is 0 Å². The van der Waals surface area contributed by atoms with E-state index in [1.54, 1.807) is 0 Å². The van der Waals surface area contributed by atoms with Gasteiger partial charge in [0.15, 0.2) is 12.0 Å². The van der Waals surface area contributed by atoms with Crippen molar-refractivity contribution in [3.8, 4) is 0 Å². The molecule has 0 saturated heterocycles. The number of alkyl halides is 6. The van der Waals surface area contributed by atoms with Gasteiger partial charge in [-0.05, 0) is 6.07 Å². The molecule has 3 nitrogen and oxygen atoms in total. The quantitative estimate of drug-likeness (QED) is 0.549. The highest BCUT2D eigenvalue weighted by Gasteiger charge is 2.40. The van der Waals surface area contributed by atoms with Gasteiger partial charge in [0.05, 0.1) is 0 Å². The van der Waals surface area contributed by atoms with Crippen LogP contribution in [0.3, 0.4) is 0 Å². The minimum absolute atomic E-state index is 0.0283. The molecule has 15 heavy (non-hydrogen) atoms. The molecular weight excluding hydrogens is 230 g/mol. The molecule has 0 aliphatic rings. The van der Waals surface area contributed by atoms with Crippen LogP contribution in [0, 0.1) is 0 Å². The number of carbonyl (C=O) groups is 1. The van der Waals surface area contributed by atoms with Gasteiger partial charge in [0.1, 0.15) is 5.69 Å². The highest BCUT2D eigenvalue weighted by Crippen LogP contribution is 2.31. The van der Waals surface area contributed by atoms with Gasteiger partial charge in [-0.1, -0.05) is 0 Å². The SMILES string of the molecule is O=Cc1cc(C(F)(F)F)nn1C(F)(F)F. The fraction of sp³-hybridized carbons (Fsp3) is 0.333. The summed E-state index contributed by atoms with van der Waals surface area (Å²) in [5.74, 6) is 0. The Morgan fingerprint density at radius 1 is 1.20 bits per heavy atom. The first-order valence-corrected chi connectivity index (χ1v) is 3.36. The predicted octanol–water partition coefficient (Wildman–Crippen LogP) is 2.19. The summed E-state index contributed by atoms with van der Waals surface area (Å²) in [5, 5.41) is 2.26. The van der Waals surface area contributed by atoms with Gasteiger partial charge in [-0.25, -0.2) is 0 Å². The van der Waals surface area contributed by atoms with Gasteiger partial charge < -0.3 is 0 Å². The van der Waals surface area contributed by atoms with Gasteiger partial charge in [-0.15, -0.1) is 13.2 Å². The minimum Gasteiger partial charge on any atom is -0.296 e. The van der Waals surface area contributed by atoms with Crippen molar-refractivity contribution in [1.82, 2.24) is 9.78 Å². The maximum atomic E-state index is 12.0. The van der Waals surface area contributed by atoms with Gasteiger partial charge in [0.2, 0.25) is 0 Å². The molecule has 0 atom stereocenters. The molecule has 0 aliphatic carbocycles. The van der Waals surface area contributed by atoms with Gasteiger partial charge in [0.25, 0.3) is 0 Å². The molecule has 0 saturated carbocycles. The van der Waals surface area contributed by atoms with Crippen LogP contribution in [0.2, 0.25) is 0 Å². The zero-order chi connectivity index (χ0) is 11.9. The van der Waals surface area contributed by atoms with Crippen molar-refractivity contribution in [1.29, 1.82) is 0 Å². The van der Waals surface area contributed by atoms with Crippen molar-refractivity contribution in [2.75, 3.05) is 0 Å². The number of aldehydes is 1. The smallest absolute Gasteiger partial charge is 0.296 e. The minimum atomic E-state index is -5.15. The number of rotatable bonds is 1. The molecule has 0 radical (unpaired) electrons. The molecule has 0 spiro atoms. The topological polar surface area (TPSA) is 34.9 Å². The zero-order valence-corrected chi connectivity index (χ0v) is 6.73. The van der Waals surface area contributed by atoms with Crippen molar-refractivity contribution in [3.05, 3.63) is 17.5 Å². The largest absolute Gasteiger partial charge is 0.505 e. The number of hydrogen-bond donors (Lipinski definition) is 0. The first-order chi connectivity index (χ1) is 6.66. The van der Waals surface area contributed by atoms with Crippen LogP contribution in [-0.4, -0.2) is 16.1 Å². The van der Waals surface area contributed by atoms with Crippen molar-refractivity contribution in [3.63, 3.8) is 0 Å². The average Bonchev–Trinajstić information content (AvgIpc) is 2.44. The summed E-state index contributed by atoms with van der Waals surface area (Å²) in [5.41, 5.74) is -2.96. The van der Waals surface area contributed by atoms with Gasteiger partial charge in [0, 0.05) is 0 Å². The molecule has 0 bridgehead atoms. The van der Waals surface area contributed by atoms with E-state index in [0.717, 1.165) is 0 Å². The van der Waals surface area contributed by atoms with Crippen molar-refractivity contribution < 1.29 is 31.1 Å². The van der Waals surface area contributed by atoms with E-state index in [1.807, 2.05) is 0 Å². The number of carbonyl (C=O) groups excluding carboxylic acids is 1. The molecule has 84 valence electrons. The van der Waals surface area contributed by atoms with E-state index in [0.29, 0.717) is 0 Å². The first-order valence-electron chi connectivity index (χ1n) is 3.36. The number of hydrogen-bond acceptors (Lipinski definition) is 2. The lowest BCUT2D eigenvalue weighted by atomic mass is 10.3. The van der Waals surface area contributed by atoms with E-state index >= 15 is 0 Å². The van der Waals surface area contributed by atoms with Crippen LogP contribution < -0.4 is 0 Å². The molecule has 1 aromatic rings. The molecule has 1 heterocycles. The molecule has 0 amide bonds. The fourth-order valence-corrected chi connectivity index (χ4v) is 0.821. The standard InChI is InChI=1S/C6H2F6N2O/c7-5(8,9)4-1-3(2-15)14(13-4)6(10,11)12/h1-2H. The highest BCUT2D eigenvalue weighted by molar-refractivity contribution is 5.72. The molecule has 9 heteroatoms. The van der Waals surface area contributed by atoms with Gasteiger partial charge in [-0.3, -0.25) is 4.79 Å². The summed E-state index contributed by atoms with van der Waals surface area (Å²) in [7, 11) is 0. The van der Waals surface area contributed by atoms with E-state index in [9.17, 15) is 31.1 Å². The summed E-state index contributed by atoms with van der Waals surface area (Å²) in [6.07, 6.45) is -10.5. The lowest BCUT2D eigenvalue weighted by Crippen LogP contribution is -2.21. The summed E-state index contributed by atoms with van der Waals surface area (Å²) in [6.45, 7) is 0. The van der Waals surface area contributed by atoms with E-state index in [1.165, 1.54) is 0 Å². The second-order valence-electron chi connectivity index (χ2n) is 2.45. The Morgan fingerprint density at radius 2 is 1.73 bits per heavy atom. The molecule has 0 fully saturated rings. The van der Waals surface area contributed by atoms with Crippen LogP contribution in [-0.2, 0) is 12.5 Å². The maximum absolute atomic E-state index is 12.0. The van der Waals surface area contributed by atoms with Gasteiger partial charge >= 0.3 is 12.5 Å². The van der Waals surface area contributed by atoms with E-state index in [-0.39, 0.29) is 12.4 Å². The third-order valence-electron chi connectivity index (χ3n) is 1.39. The third-order valence-corrected chi connectivity index (χ3v) is 1.39. The molecule has 1 aromatic heterocycles. The first kappa shape index (κ1) is 11.5. The molecule has 0 N–H and O–H groups in total. The molecular formula is C6H2F6N2O. The van der Waals surface area contributed by atoms with E-state index in [2.05, 4.69) is 5.10 Å². The molecule has 0 unspecified atom stereocenters. The second-order valence-corrected chi connectivity index (χ2v) is 2.45. The monoisotopic (exact) mass is 232 g/mol. The van der Waals surface area contributed by atoms with Crippen LogP contribution in [0.4, 0.5) is 26.3 Å². The Morgan fingerprint density at radius 3 is 2.00 bits per heavy atom. The number of nitrogens with zero attached hydrogens (tertiary/aromatic N) is 2. The van der Waals surface area contributed by atoms with Crippen LogP contribution in [0.15, 0.2) is 6.07 Å². The Labute approximate surface area is 78.3 Å². The Hall–Kier alpha value is -1.54. The Balaban J connectivity index is 3.30. The van der Waals surface area contributed by atoms with Crippen LogP contribution >= 0.6 is 0 Å². The molecule has 0 aliphatic heterocycles. The Bertz CT molecular complexity index is 376. The van der Waals surface area contributed by atoms with Crippen molar-refractivity contribution in [2.45, 2.75) is 12.5 Å². The maximum Gasteiger partial charge on any atom is 0.505 e. The third kappa shape index (κ3) is 2.28. The highest BCUT2D eigenvalue weighted by atomic mass is 19.4. The van der Waals surface area contributed by atoms with Crippen molar-refractivity contribution in [2.24, 2.45) is 0 Å².